The number of aryl methyl sites for hydroxylation is 2. The lowest BCUT2D eigenvalue weighted by atomic mass is 9.87. The van der Waals surface area contributed by atoms with Crippen LogP contribution in [0.1, 0.15) is 69.1 Å². The minimum atomic E-state index is -0.466. The van der Waals surface area contributed by atoms with E-state index in [0.29, 0.717) is 23.0 Å². The Labute approximate surface area is 260 Å². The van der Waals surface area contributed by atoms with Crippen LogP contribution in [0.2, 0.25) is 0 Å². The largest absolute Gasteiger partial charge is 0.444 e. The van der Waals surface area contributed by atoms with Crippen LogP contribution in [0.4, 0.5) is 21.9 Å². The Balaban J connectivity index is 1.30. The molecule has 44 heavy (non-hydrogen) atoms. The standard InChI is InChI=1S/C35H46N6O3/c1-23-17-28-30(38-31-18-25(21-36)7-8-29(31)37-5)19-27(20-32(28)39(6)33(23)42)26-11-13-40(14-12-26)22-24-9-15-41(16-10-24)34(43)44-35(2,3)4/h7-8,17-20,24,26,37-38H,9-16,22H2,1-6H3. The van der Waals surface area contributed by atoms with E-state index in [2.05, 4.69) is 33.7 Å². The van der Waals surface area contributed by atoms with Crippen molar-refractivity contribution >= 4 is 34.1 Å². The van der Waals surface area contributed by atoms with Crippen LogP contribution in [0.5, 0.6) is 0 Å². The number of hydrogen-bond acceptors (Lipinski definition) is 7. The molecule has 2 aromatic carbocycles. The second-order valence-corrected chi connectivity index (χ2v) is 13.4. The molecule has 9 nitrogen and oxygen atoms in total. The minimum absolute atomic E-state index is 0.00975. The van der Waals surface area contributed by atoms with Gasteiger partial charge in [-0.2, -0.15) is 5.26 Å². The van der Waals surface area contributed by atoms with Crippen molar-refractivity contribution in [3.8, 4) is 6.07 Å². The number of carbonyl (C=O) groups is 1. The Hall–Kier alpha value is -4.03. The molecule has 2 saturated heterocycles. The molecular formula is C35H46N6O3. The highest BCUT2D eigenvalue weighted by Gasteiger charge is 2.29. The number of carbonyl (C=O) groups excluding carboxylic acids is 1. The molecule has 0 radical (unpaired) electrons. The first-order valence-electron chi connectivity index (χ1n) is 15.8. The van der Waals surface area contributed by atoms with E-state index in [0.717, 1.165) is 86.4 Å². The number of aromatic nitrogens is 1. The molecule has 3 heterocycles. The molecule has 2 fully saturated rings. The minimum Gasteiger partial charge on any atom is -0.444 e. The Bertz CT molecular complexity index is 1620. The monoisotopic (exact) mass is 598 g/mol. The predicted molar refractivity (Wildman–Crippen MR) is 177 cm³/mol. The van der Waals surface area contributed by atoms with Gasteiger partial charge in [-0.3, -0.25) is 4.79 Å². The van der Waals surface area contributed by atoms with Crippen LogP contribution in [0.25, 0.3) is 10.9 Å². The topological polar surface area (TPSA) is 103 Å². The second kappa shape index (κ2) is 12.9. The quantitative estimate of drug-likeness (QED) is 0.342. The number of likely N-dealkylation sites (tertiary alicyclic amines) is 2. The number of pyridine rings is 1. The van der Waals surface area contributed by atoms with Gasteiger partial charge in [0.1, 0.15) is 5.60 Å². The highest BCUT2D eigenvalue weighted by atomic mass is 16.6. The highest BCUT2D eigenvalue weighted by molar-refractivity contribution is 5.96. The van der Waals surface area contributed by atoms with Crippen molar-refractivity contribution in [2.75, 3.05) is 50.4 Å². The van der Waals surface area contributed by atoms with E-state index >= 15 is 0 Å². The number of amides is 1. The summed E-state index contributed by atoms with van der Waals surface area (Å²) in [6, 6.07) is 14.2. The van der Waals surface area contributed by atoms with E-state index in [-0.39, 0.29) is 11.7 Å². The lowest BCUT2D eigenvalue weighted by Gasteiger charge is -2.38. The van der Waals surface area contributed by atoms with Crippen LogP contribution in [-0.2, 0) is 11.8 Å². The van der Waals surface area contributed by atoms with Crippen molar-refractivity contribution in [1.82, 2.24) is 14.4 Å². The lowest BCUT2D eigenvalue weighted by molar-refractivity contribution is 0.0166. The van der Waals surface area contributed by atoms with Crippen molar-refractivity contribution in [2.45, 2.75) is 64.9 Å². The smallest absolute Gasteiger partial charge is 0.410 e. The molecule has 0 saturated carbocycles. The van der Waals surface area contributed by atoms with Crippen LogP contribution in [-0.4, -0.2) is 65.8 Å². The van der Waals surface area contributed by atoms with E-state index in [1.54, 1.807) is 10.6 Å². The fourth-order valence-corrected chi connectivity index (χ4v) is 6.60. The number of nitrogens with zero attached hydrogens (tertiary/aromatic N) is 4. The third-order valence-electron chi connectivity index (χ3n) is 9.07. The third kappa shape index (κ3) is 7.02. The van der Waals surface area contributed by atoms with Gasteiger partial charge in [0, 0.05) is 50.4 Å². The molecule has 3 aromatic rings. The van der Waals surface area contributed by atoms with Crippen LogP contribution in [0.15, 0.2) is 41.2 Å². The maximum atomic E-state index is 12.9. The fourth-order valence-electron chi connectivity index (χ4n) is 6.60. The summed E-state index contributed by atoms with van der Waals surface area (Å²) in [6.45, 7) is 12.2. The molecule has 2 aliphatic rings. The number of nitriles is 1. The van der Waals surface area contributed by atoms with E-state index in [1.165, 1.54) is 5.56 Å². The van der Waals surface area contributed by atoms with Crippen LogP contribution >= 0.6 is 0 Å². The van der Waals surface area contributed by atoms with Crippen LogP contribution in [0, 0.1) is 24.2 Å². The number of nitrogens with one attached hydrogen (secondary N) is 2. The summed E-state index contributed by atoms with van der Waals surface area (Å²) in [5.74, 6) is 0.973. The Kier molecular flexibility index (Phi) is 9.21. The van der Waals surface area contributed by atoms with Gasteiger partial charge < -0.3 is 29.7 Å². The Morgan fingerprint density at radius 3 is 2.34 bits per heavy atom. The van der Waals surface area contributed by atoms with Gasteiger partial charge in [0.05, 0.1) is 28.5 Å². The zero-order chi connectivity index (χ0) is 31.6. The molecule has 0 bridgehead atoms. The van der Waals surface area contributed by atoms with Crippen LogP contribution < -0.4 is 16.2 Å². The third-order valence-corrected chi connectivity index (χ3v) is 9.07. The first-order chi connectivity index (χ1) is 21.0. The van der Waals surface area contributed by atoms with E-state index in [1.807, 2.05) is 64.9 Å². The zero-order valence-corrected chi connectivity index (χ0v) is 27.0. The number of rotatable bonds is 6. The predicted octanol–water partition coefficient (Wildman–Crippen LogP) is 6.33. The molecule has 0 atom stereocenters. The van der Waals surface area contributed by atoms with Crippen LogP contribution in [0.3, 0.4) is 0 Å². The van der Waals surface area contributed by atoms with Gasteiger partial charge in [0.2, 0.25) is 0 Å². The second-order valence-electron chi connectivity index (χ2n) is 13.4. The molecule has 5 rings (SSSR count). The number of piperidine rings is 2. The van der Waals surface area contributed by atoms with E-state index < -0.39 is 5.60 Å². The maximum absolute atomic E-state index is 12.9. The molecule has 0 unspecified atom stereocenters. The van der Waals surface area contributed by atoms with Gasteiger partial charge >= 0.3 is 6.09 Å². The lowest BCUT2D eigenvalue weighted by Crippen LogP contribution is -2.44. The summed E-state index contributed by atoms with van der Waals surface area (Å²) < 4.78 is 7.32. The Morgan fingerprint density at radius 1 is 1.00 bits per heavy atom. The maximum Gasteiger partial charge on any atom is 0.410 e. The average molecular weight is 599 g/mol. The first-order valence-corrected chi connectivity index (χ1v) is 15.8. The van der Waals surface area contributed by atoms with Gasteiger partial charge in [-0.25, -0.2) is 4.79 Å². The number of benzene rings is 2. The van der Waals surface area contributed by atoms with Crippen molar-refractivity contribution in [2.24, 2.45) is 13.0 Å². The van der Waals surface area contributed by atoms with Gasteiger partial charge in [0.25, 0.3) is 5.56 Å². The first kappa shape index (κ1) is 31.4. The molecule has 0 spiro atoms. The molecule has 2 N–H and O–H groups in total. The average Bonchev–Trinajstić information content (AvgIpc) is 3.00. The summed E-state index contributed by atoms with van der Waals surface area (Å²) in [6.07, 6.45) is 3.91. The van der Waals surface area contributed by atoms with Crippen molar-refractivity contribution < 1.29 is 9.53 Å². The fraction of sp³-hybridized carbons (Fsp3) is 0.514. The molecule has 2 aliphatic heterocycles. The molecule has 0 aliphatic carbocycles. The summed E-state index contributed by atoms with van der Waals surface area (Å²) in [4.78, 5) is 29.8. The van der Waals surface area contributed by atoms with Crippen molar-refractivity contribution in [3.05, 3.63) is 63.4 Å². The van der Waals surface area contributed by atoms with Gasteiger partial charge in [-0.05, 0) is 120 Å². The summed E-state index contributed by atoms with van der Waals surface area (Å²) in [5.41, 5.74) is 5.61. The van der Waals surface area contributed by atoms with Gasteiger partial charge in [0.15, 0.2) is 0 Å². The molecule has 234 valence electrons. The van der Waals surface area contributed by atoms with Crippen molar-refractivity contribution in [3.63, 3.8) is 0 Å². The summed E-state index contributed by atoms with van der Waals surface area (Å²) >= 11 is 0. The zero-order valence-electron chi connectivity index (χ0n) is 27.0. The molecule has 1 aromatic heterocycles. The number of anilines is 3. The van der Waals surface area contributed by atoms with Gasteiger partial charge in [-0.1, -0.05) is 0 Å². The number of ether oxygens (including phenoxy) is 1. The normalized spacial score (nSPS) is 17.0. The van der Waals surface area contributed by atoms with Gasteiger partial charge in [-0.15, -0.1) is 0 Å². The SMILES string of the molecule is CNc1ccc(C#N)cc1Nc1cc(C2CCN(CC3CCN(C(=O)OC(C)(C)C)CC3)CC2)cc2c1cc(C)c(=O)n2C. The highest BCUT2D eigenvalue weighted by Crippen LogP contribution is 2.37. The van der Waals surface area contributed by atoms with E-state index in [4.69, 9.17) is 4.74 Å². The summed E-state index contributed by atoms with van der Waals surface area (Å²) in [5, 5.41) is 17.3. The number of hydrogen-bond donors (Lipinski definition) is 2. The molecule has 9 heteroatoms. The van der Waals surface area contributed by atoms with E-state index in [9.17, 15) is 14.9 Å². The molecular weight excluding hydrogens is 552 g/mol. The Morgan fingerprint density at radius 2 is 1.70 bits per heavy atom. The number of fused-ring (bicyclic) bond motifs is 1. The molecule has 1 amide bonds. The summed E-state index contributed by atoms with van der Waals surface area (Å²) in [7, 11) is 3.71. The van der Waals surface area contributed by atoms with Crippen molar-refractivity contribution in [1.29, 1.82) is 5.26 Å².